The first-order chi connectivity index (χ1) is 13.5. The fourth-order valence-electron chi connectivity index (χ4n) is 3.68. The molecule has 1 fully saturated rings. The predicted octanol–water partition coefficient (Wildman–Crippen LogP) is 1.96. The van der Waals surface area contributed by atoms with Gasteiger partial charge in [-0.2, -0.15) is 0 Å². The van der Waals surface area contributed by atoms with Crippen LogP contribution in [0.2, 0.25) is 0 Å². The average Bonchev–Trinajstić information content (AvgIpc) is 3.05. The van der Waals surface area contributed by atoms with Crippen molar-refractivity contribution in [2.24, 2.45) is 10.7 Å². The molecular formula is C20H21F2N5O. The van der Waals surface area contributed by atoms with Crippen LogP contribution in [-0.4, -0.2) is 53.9 Å². The topological polar surface area (TPSA) is 74.0 Å². The average molecular weight is 385 g/mol. The molecule has 146 valence electrons. The van der Waals surface area contributed by atoms with Crippen LogP contribution >= 0.6 is 0 Å². The number of hydrogen-bond donors (Lipinski definition) is 2. The summed E-state index contributed by atoms with van der Waals surface area (Å²) < 4.78 is 27.0. The van der Waals surface area contributed by atoms with E-state index in [1.165, 1.54) is 24.3 Å². The maximum atomic E-state index is 13.6. The molecule has 2 unspecified atom stereocenters. The monoisotopic (exact) mass is 385 g/mol. The molecule has 0 radical (unpaired) electrons. The Kier molecular flexibility index (Phi) is 4.95. The molecule has 0 bridgehead atoms. The number of aliphatic imine (C=N–C) groups is 1. The summed E-state index contributed by atoms with van der Waals surface area (Å²) >= 11 is 0. The van der Waals surface area contributed by atoms with Gasteiger partial charge in [-0.05, 0) is 35.9 Å². The highest BCUT2D eigenvalue weighted by molar-refractivity contribution is 5.92. The quantitative estimate of drug-likeness (QED) is 0.844. The molecule has 4 rings (SSSR count). The molecule has 2 aromatic rings. The Morgan fingerprint density at radius 1 is 1.14 bits per heavy atom. The van der Waals surface area contributed by atoms with E-state index in [1.807, 2.05) is 0 Å². The lowest BCUT2D eigenvalue weighted by Gasteiger charge is -2.38. The molecule has 6 nitrogen and oxygen atoms in total. The molecule has 2 heterocycles. The van der Waals surface area contributed by atoms with Crippen molar-refractivity contribution in [3.63, 3.8) is 0 Å². The molecule has 2 aliphatic heterocycles. The number of nitrogens with one attached hydrogen (secondary N) is 1. The minimum Gasteiger partial charge on any atom is -0.363 e. The lowest BCUT2D eigenvalue weighted by atomic mass is 10.0. The van der Waals surface area contributed by atoms with Crippen molar-refractivity contribution in [3.8, 4) is 0 Å². The van der Waals surface area contributed by atoms with E-state index in [9.17, 15) is 13.6 Å². The maximum Gasteiger partial charge on any atom is 0.236 e. The highest BCUT2D eigenvalue weighted by Crippen LogP contribution is 2.34. The first kappa shape index (κ1) is 18.4. The molecule has 1 amide bonds. The van der Waals surface area contributed by atoms with Crippen LogP contribution < -0.4 is 11.1 Å². The van der Waals surface area contributed by atoms with Crippen LogP contribution in [0.3, 0.4) is 0 Å². The van der Waals surface area contributed by atoms with Gasteiger partial charge in [0.05, 0.1) is 13.1 Å². The van der Waals surface area contributed by atoms with Crippen molar-refractivity contribution in [3.05, 3.63) is 65.7 Å². The summed E-state index contributed by atoms with van der Waals surface area (Å²) in [4.78, 5) is 20.6. The number of amidine groups is 1. The number of piperazine rings is 1. The van der Waals surface area contributed by atoms with E-state index in [4.69, 9.17) is 10.7 Å². The second-order valence-electron chi connectivity index (χ2n) is 6.85. The van der Waals surface area contributed by atoms with Gasteiger partial charge in [-0.25, -0.2) is 8.78 Å². The van der Waals surface area contributed by atoms with E-state index in [-0.39, 0.29) is 36.3 Å². The van der Waals surface area contributed by atoms with Gasteiger partial charge in [0.25, 0.3) is 0 Å². The number of halogens is 2. The van der Waals surface area contributed by atoms with Gasteiger partial charge in [0, 0.05) is 18.8 Å². The van der Waals surface area contributed by atoms with Crippen LogP contribution in [0.5, 0.6) is 0 Å². The van der Waals surface area contributed by atoms with Crippen molar-refractivity contribution in [2.45, 2.75) is 12.2 Å². The third-order valence-corrected chi connectivity index (χ3v) is 5.08. The minimum atomic E-state index is -0.333. The summed E-state index contributed by atoms with van der Waals surface area (Å²) in [7, 11) is 0. The molecule has 1 saturated heterocycles. The summed E-state index contributed by atoms with van der Waals surface area (Å²) in [5.41, 5.74) is 6.96. The summed E-state index contributed by atoms with van der Waals surface area (Å²) in [6.07, 6.45) is -0.266. The number of amides is 1. The van der Waals surface area contributed by atoms with E-state index in [0.29, 0.717) is 25.3 Å². The van der Waals surface area contributed by atoms with E-state index < -0.39 is 0 Å². The van der Waals surface area contributed by atoms with E-state index in [1.54, 1.807) is 29.2 Å². The first-order valence-electron chi connectivity index (χ1n) is 9.14. The molecule has 2 aliphatic rings. The molecule has 0 spiro atoms. The zero-order chi connectivity index (χ0) is 19.7. The number of hydrogen-bond acceptors (Lipinski definition) is 5. The number of carbonyl (C=O) groups excluding carboxylic acids is 1. The number of benzene rings is 2. The first-order valence-corrected chi connectivity index (χ1v) is 9.14. The second kappa shape index (κ2) is 7.55. The van der Waals surface area contributed by atoms with Gasteiger partial charge in [0.15, 0.2) is 0 Å². The van der Waals surface area contributed by atoms with Crippen LogP contribution in [-0.2, 0) is 4.79 Å². The molecule has 8 heteroatoms. The third-order valence-electron chi connectivity index (χ3n) is 5.08. The van der Waals surface area contributed by atoms with Crippen LogP contribution in [0.4, 0.5) is 14.5 Å². The smallest absolute Gasteiger partial charge is 0.236 e. The zero-order valence-corrected chi connectivity index (χ0v) is 15.2. The van der Waals surface area contributed by atoms with Gasteiger partial charge in [-0.3, -0.25) is 9.79 Å². The molecule has 28 heavy (non-hydrogen) atoms. The Hall–Kier alpha value is -3.00. The molecule has 3 N–H and O–H groups in total. The number of nitrogens with two attached hydrogens (primary N) is 1. The highest BCUT2D eigenvalue weighted by Gasteiger charge is 2.40. The van der Waals surface area contributed by atoms with Gasteiger partial charge in [-0.15, -0.1) is 0 Å². The molecule has 0 saturated carbocycles. The summed E-state index contributed by atoms with van der Waals surface area (Å²) in [5, 5.41) is 3.35. The fraction of sp³-hybridized carbons (Fsp3) is 0.300. The fourth-order valence-corrected chi connectivity index (χ4v) is 3.68. The summed E-state index contributed by atoms with van der Waals surface area (Å²) in [5.74, 6) is -0.0131. The van der Waals surface area contributed by atoms with E-state index >= 15 is 0 Å². The van der Waals surface area contributed by atoms with Gasteiger partial charge in [0.2, 0.25) is 5.91 Å². The number of rotatable bonds is 4. The normalized spacial score (nSPS) is 21.3. The summed E-state index contributed by atoms with van der Waals surface area (Å²) in [6, 6.07) is 12.1. The Morgan fingerprint density at radius 2 is 1.93 bits per heavy atom. The lowest BCUT2D eigenvalue weighted by molar-refractivity contribution is -0.129. The number of anilines is 1. The largest absolute Gasteiger partial charge is 0.363 e. The molecule has 2 atom stereocenters. The van der Waals surface area contributed by atoms with Gasteiger partial charge < -0.3 is 20.9 Å². The van der Waals surface area contributed by atoms with Crippen molar-refractivity contribution in [1.82, 2.24) is 9.80 Å². The SMILES string of the molecule is NCC(=O)N1CCN2C(=NC(c3ccc(F)cc3)C2Nc2cccc(F)c2)C1. The van der Waals surface area contributed by atoms with Crippen molar-refractivity contribution in [1.29, 1.82) is 0 Å². The second-order valence-corrected chi connectivity index (χ2v) is 6.85. The van der Waals surface area contributed by atoms with Crippen LogP contribution in [0.15, 0.2) is 53.5 Å². The molecule has 2 aromatic carbocycles. The lowest BCUT2D eigenvalue weighted by Crippen LogP contribution is -2.56. The third kappa shape index (κ3) is 3.55. The van der Waals surface area contributed by atoms with Gasteiger partial charge >= 0.3 is 0 Å². The molecular weight excluding hydrogens is 364 g/mol. The molecule has 0 aromatic heterocycles. The number of nitrogens with zero attached hydrogens (tertiary/aromatic N) is 3. The predicted molar refractivity (Wildman–Crippen MR) is 103 cm³/mol. The molecule has 0 aliphatic carbocycles. The standard InChI is InChI=1S/C20H21F2N5O/c21-14-6-4-13(5-7-14)19-20(24-16-3-1-2-15(22)10-16)27-9-8-26(18(28)11-23)12-17(27)25-19/h1-7,10,19-20,24H,8-9,11-12,23H2. The van der Waals surface area contributed by atoms with Gasteiger partial charge in [0.1, 0.15) is 29.7 Å². The summed E-state index contributed by atoms with van der Waals surface area (Å²) in [6.45, 7) is 1.44. The Balaban J connectivity index is 1.64. The highest BCUT2D eigenvalue weighted by atomic mass is 19.1. The van der Waals surface area contributed by atoms with Crippen LogP contribution in [0.25, 0.3) is 0 Å². The minimum absolute atomic E-state index is 0.0420. The van der Waals surface area contributed by atoms with Crippen molar-refractivity contribution in [2.75, 3.05) is 31.5 Å². The van der Waals surface area contributed by atoms with Crippen molar-refractivity contribution < 1.29 is 13.6 Å². The Bertz CT molecular complexity index is 902. The van der Waals surface area contributed by atoms with Crippen LogP contribution in [0.1, 0.15) is 11.6 Å². The van der Waals surface area contributed by atoms with Crippen molar-refractivity contribution >= 4 is 17.4 Å². The Labute approximate surface area is 161 Å². The Morgan fingerprint density at radius 3 is 2.64 bits per heavy atom. The van der Waals surface area contributed by atoms with Crippen LogP contribution in [0, 0.1) is 11.6 Å². The maximum absolute atomic E-state index is 13.6. The van der Waals surface area contributed by atoms with E-state index in [0.717, 1.165) is 11.4 Å². The van der Waals surface area contributed by atoms with Gasteiger partial charge in [-0.1, -0.05) is 18.2 Å². The van der Waals surface area contributed by atoms with E-state index in [2.05, 4.69) is 10.2 Å². The number of fused-ring (bicyclic) bond motifs is 1. The number of carbonyl (C=O) groups is 1. The zero-order valence-electron chi connectivity index (χ0n) is 15.2.